The van der Waals surface area contributed by atoms with Gasteiger partial charge in [-0.05, 0) is 38.3 Å². The number of carbonyl (C=O) groups excluding carboxylic acids is 1. The average molecular weight is 279 g/mol. The summed E-state index contributed by atoms with van der Waals surface area (Å²) in [6.45, 7) is 4.91. The monoisotopic (exact) mass is 279 g/mol. The minimum Gasteiger partial charge on any atom is -0.468 e. The maximum absolute atomic E-state index is 11.5. The van der Waals surface area contributed by atoms with Gasteiger partial charge in [0.15, 0.2) is 0 Å². The van der Waals surface area contributed by atoms with E-state index in [-0.39, 0.29) is 23.9 Å². The van der Waals surface area contributed by atoms with Gasteiger partial charge in [0, 0.05) is 18.6 Å². The predicted molar refractivity (Wildman–Crippen MR) is 77.8 cm³/mol. The molecule has 1 fully saturated rings. The summed E-state index contributed by atoms with van der Waals surface area (Å²) in [4.78, 5) is 13.8. The number of rotatable bonds is 5. The number of primary amides is 1. The molecule has 5 nitrogen and oxygen atoms in total. The van der Waals surface area contributed by atoms with Gasteiger partial charge in [-0.2, -0.15) is 0 Å². The number of carbonyl (C=O) groups is 1. The summed E-state index contributed by atoms with van der Waals surface area (Å²) < 4.78 is 5.58. The molecule has 0 aromatic carbocycles. The zero-order chi connectivity index (χ0) is 14.7. The highest BCUT2D eigenvalue weighted by Crippen LogP contribution is 2.33. The van der Waals surface area contributed by atoms with Crippen molar-refractivity contribution in [3.05, 3.63) is 24.2 Å². The van der Waals surface area contributed by atoms with Crippen LogP contribution in [0.4, 0.5) is 0 Å². The van der Waals surface area contributed by atoms with Gasteiger partial charge >= 0.3 is 0 Å². The molecule has 1 aliphatic heterocycles. The van der Waals surface area contributed by atoms with Crippen LogP contribution in [-0.2, 0) is 4.79 Å². The number of piperidine rings is 1. The summed E-state index contributed by atoms with van der Waals surface area (Å²) in [6.07, 6.45) is 4.35. The first-order valence-electron chi connectivity index (χ1n) is 7.38. The van der Waals surface area contributed by atoms with Crippen LogP contribution in [0, 0.1) is 5.92 Å². The number of amides is 1. The molecule has 5 heteroatoms. The molecule has 112 valence electrons. The molecule has 0 saturated carbocycles. The van der Waals surface area contributed by atoms with Crippen molar-refractivity contribution in [3.63, 3.8) is 0 Å². The number of nitrogens with zero attached hydrogens (tertiary/aromatic N) is 1. The second kappa shape index (κ2) is 6.41. The second-order valence-corrected chi connectivity index (χ2v) is 5.75. The minimum absolute atomic E-state index is 0.00662. The van der Waals surface area contributed by atoms with E-state index in [1.165, 1.54) is 0 Å². The van der Waals surface area contributed by atoms with Crippen LogP contribution in [0.1, 0.15) is 44.9 Å². The number of nitrogens with two attached hydrogens (primary N) is 2. The maximum atomic E-state index is 11.5. The van der Waals surface area contributed by atoms with Crippen LogP contribution < -0.4 is 11.5 Å². The molecule has 1 aromatic rings. The summed E-state index contributed by atoms with van der Waals surface area (Å²) in [5, 5.41) is 0. The molecule has 0 bridgehead atoms. The first kappa shape index (κ1) is 15.1. The molecule has 4 atom stereocenters. The molecule has 0 radical (unpaired) electrons. The lowest BCUT2D eigenvalue weighted by atomic mass is 9.89. The van der Waals surface area contributed by atoms with Crippen molar-refractivity contribution in [2.45, 2.75) is 51.2 Å². The van der Waals surface area contributed by atoms with E-state index in [4.69, 9.17) is 15.9 Å². The molecule has 1 amide bonds. The highest BCUT2D eigenvalue weighted by atomic mass is 16.3. The molecule has 4 unspecified atom stereocenters. The molecule has 0 aliphatic carbocycles. The van der Waals surface area contributed by atoms with Crippen molar-refractivity contribution in [2.24, 2.45) is 17.4 Å². The Morgan fingerprint density at radius 3 is 2.85 bits per heavy atom. The van der Waals surface area contributed by atoms with Crippen molar-refractivity contribution < 1.29 is 9.21 Å². The topological polar surface area (TPSA) is 85.5 Å². The van der Waals surface area contributed by atoms with Gasteiger partial charge in [0.2, 0.25) is 5.91 Å². The van der Waals surface area contributed by atoms with Crippen molar-refractivity contribution in [1.29, 1.82) is 0 Å². The van der Waals surface area contributed by atoms with Gasteiger partial charge < -0.3 is 15.9 Å². The summed E-state index contributed by atoms with van der Waals surface area (Å²) >= 11 is 0. The predicted octanol–water partition coefficient (Wildman–Crippen LogP) is 1.64. The standard InChI is InChI=1S/C15H25N3O2/c1-3-12(16)14(13-5-4-8-20-13)18-9-11(15(17)19)7-6-10(18)2/h4-5,8,10-12,14H,3,6-7,9,16H2,1-2H3,(H2,17,19). The van der Waals surface area contributed by atoms with Crippen LogP contribution >= 0.6 is 0 Å². The summed E-state index contributed by atoms with van der Waals surface area (Å²) in [5.74, 6) is 0.564. The number of furan rings is 1. The summed E-state index contributed by atoms with van der Waals surface area (Å²) in [7, 11) is 0. The number of hydrogen-bond donors (Lipinski definition) is 2. The van der Waals surface area contributed by atoms with Gasteiger partial charge in [-0.15, -0.1) is 0 Å². The van der Waals surface area contributed by atoms with Crippen LogP contribution in [0.15, 0.2) is 22.8 Å². The van der Waals surface area contributed by atoms with Crippen LogP contribution in [0.5, 0.6) is 0 Å². The van der Waals surface area contributed by atoms with Crippen molar-refractivity contribution in [3.8, 4) is 0 Å². The molecule has 4 N–H and O–H groups in total. The van der Waals surface area contributed by atoms with E-state index in [1.807, 2.05) is 12.1 Å². The molecule has 2 rings (SSSR count). The fourth-order valence-corrected chi connectivity index (χ4v) is 3.06. The van der Waals surface area contributed by atoms with Crippen molar-refractivity contribution >= 4 is 5.91 Å². The molecule has 1 saturated heterocycles. The largest absolute Gasteiger partial charge is 0.468 e. The summed E-state index contributed by atoms with van der Waals surface area (Å²) in [6, 6.07) is 4.20. The molecular weight excluding hydrogens is 254 g/mol. The highest BCUT2D eigenvalue weighted by Gasteiger charge is 2.37. The SMILES string of the molecule is CCC(N)C(c1ccco1)N1CC(C(N)=O)CCC1C. The van der Waals surface area contributed by atoms with E-state index in [0.29, 0.717) is 12.6 Å². The first-order valence-corrected chi connectivity index (χ1v) is 7.38. The Hall–Kier alpha value is -1.33. The van der Waals surface area contributed by atoms with Crippen LogP contribution in [0.3, 0.4) is 0 Å². The Morgan fingerprint density at radius 1 is 1.55 bits per heavy atom. The van der Waals surface area contributed by atoms with Gasteiger partial charge in [-0.25, -0.2) is 0 Å². The third kappa shape index (κ3) is 3.04. The zero-order valence-electron chi connectivity index (χ0n) is 12.3. The first-order chi connectivity index (χ1) is 9.54. The van der Waals surface area contributed by atoms with Crippen LogP contribution in [0.25, 0.3) is 0 Å². The molecule has 1 aromatic heterocycles. The molecular formula is C15H25N3O2. The van der Waals surface area contributed by atoms with E-state index >= 15 is 0 Å². The van der Waals surface area contributed by atoms with Crippen molar-refractivity contribution in [2.75, 3.05) is 6.54 Å². The smallest absolute Gasteiger partial charge is 0.221 e. The fraction of sp³-hybridized carbons (Fsp3) is 0.667. The van der Waals surface area contributed by atoms with Gasteiger partial charge in [0.05, 0.1) is 18.2 Å². The average Bonchev–Trinajstić information content (AvgIpc) is 2.94. The van der Waals surface area contributed by atoms with Crippen LogP contribution in [0.2, 0.25) is 0 Å². The number of hydrogen-bond acceptors (Lipinski definition) is 4. The van der Waals surface area contributed by atoms with E-state index in [1.54, 1.807) is 6.26 Å². The van der Waals surface area contributed by atoms with E-state index in [2.05, 4.69) is 18.7 Å². The van der Waals surface area contributed by atoms with Gasteiger partial charge in [-0.3, -0.25) is 9.69 Å². The quantitative estimate of drug-likeness (QED) is 0.858. The second-order valence-electron chi connectivity index (χ2n) is 5.75. The molecule has 2 heterocycles. The van der Waals surface area contributed by atoms with Gasteiger partial charge in [0.25, 0.3) is 0 Å². The van der Waals surface area contributed by atoms with Crippen molar-refractivity contribution in [1.82, 2.24) is 4.90 Å². The summed E-state index contributed by atoms with van der Waals surface area (Å²) in [5.41, 5.74) is 11.8. The Kier molecular flexibility index (Phi) is 4.83. The lowest BCUT2D eigenvalue weighted by molar-refractivity contribution is -0.124. The minimum atomic E-state index is -0.217. The lowest BCUT2D eigenvalue weighted by Gasteiger charge is -2.43. The Bertz CT molecular complexity index is 432. The normalized spacial score (nSPS) is 27.1. The number of likely N-dealkylation sites (tertiary alicyclic amines) is 1. The zero-order valence-corrected chi connectivity index (χ0v) is 12.3. The Labute approximate surface area is 120 Å². The third-order valence-corrected chi connectivity index (χ3v) is 4.40. The maximum Gasteiger partial charge on any atom is 0.221 e. The van der Waals surface area contributed by atoms with E-state index < -0.39 is 0 Å². The van der Waals surface area contributed by atoms with Gasteiger partial charge in [-0.1, -0.05) is 6.92 Å². The highest BCUT2D eigenvalue weighted by molar-refractivity contribution is 5.77. The van der Waals surface area contributed by atoms with E-state index in [0.717, 1.165) is 25.0 Å². The van der Waals surface area contributed by atoms with Gasteiger partial charge in [0.1, 0.15) is 5.76 Å². The molecule has 1 aliphatic rings. The van der Waals surface area contributed by atoms with Crippen LogP contribution in [-0.4, -0.2) is 29.4 Å². The molecule has 0 spiro atoms. The molecule has 20 heavy (non-hydrogen) atoms. The Balaban J connectivity index is 2.24. The fourth-order valence-electron chi connectivity index (χ4n) is 3.06. The third-order valence-electron chi connectivity index (χ3n) is 4.40. The van der Waals surface area contributed by atoms with E-state index in [9.17, 15) is 4.79 Å². The lowest BCUT2D eigenvalue weighted by Crippen LogP contribution is -2.51. The Morgan fingerprint density at radius 2 is 2.30 bits per heavy atom.